The van der Waals surface area contributed by atoms with Crippen molar-refractivity contribution in [3.63, 3.8) is 0 Å². The summed E-state index contributed by atoms with van der Waals surface area (Å²) in [6.07, 6.45) is 4.31. The van der Waals surface area contributed by atoms with Crippen LogP contribution >= 0.6 is 0 Å². The fraction of sp³-hybridized carbons (Fsp3) is 0.769. The van der Waals surface area contributed by atoms with Crippen molar-refractivity contribution >= 4 is 6.08 Å². The minimum Gasteiger partial charge on any atom is -0.379 e. The molecule has 5 heteroatoms. The maximum absolute atomic E-state index is 14.4. The normalized spacial score (nSPS) is 37.8. The molecule has 0 saturated carbocycles. The molecule has 0 radical (unpaired) electrons. The average molecular weight is 254 g/mol. The zero-order valence-electron chi connectivity index (χ0n) is 10.9. The first-order valence-electron chi connectivity index (χ1n) is 6.31. The molecule has 0 N–H and O–H groups in total. The number of nitrogens with zero attached hydrogens (tertiary/aromatic N) is 2. The predicted octanol–water partition coefficient (Wildman–Crippen LogP) is 1.82. The van der Waals surface area contributed by atoms with Crippen molar-refractivity contribution in [1.82, 2.24) is 4.90 Å². The quantitative estimate of drug-likeness (QED) is 0.557. The van der Waals surface area contributed by atoms with E-state index in [4.69, 9.17) is 4.74 Å². The van der Waals surface area contributed by atoms with Crippen molar-refractivity contribution in [2.45, 2.75) is 37.8 Å². The van der Waals surface area contributed by atoms with Gasteiger partial charge in [0.15, 0.2) is 0 Å². The third kappa shape index (κ3) is 2.39. The van der Waals surface area contributed by atoms with Crippen molar-refractivity contribution < 1.29 is 13.9 Å². The number of morpholine rings is 1. The summed E-state index contributed by atoms with van der Waals surface area (Å²) in [4.78, 5) is 16.2. The fourth-order valence-corrected chi connectivity index (χ4v) is 2.68. The molecule has 2 unspecified atom stereocenters. The number of isocyanates is 1. The molecule has 0 bridgehead atoms. The molecule has 0 spiro atoms. The standard InChI is InChI=1S/C13H19FN2O2/c1-12(15-10-17)3-4-13(2,11(14)9-12)16-5-7-18-8-6-16/h9H,3-8H2,1-2H3. The van der Waals surface area contributed by atoms with Crippen molar-refractivity contribution in [1.29, 1.82) is 0 Å². The van der Waals surface area contributed by atoms with Crippen LogP contribution in [0.2, 0.25) is 0 Å². The summed E-state index contributed by atoms with van der Waals surface area (Å²) in [6.45, 7) is 6.45. The number of rotatable bonds is 2. The second kappa shape index (κ2) is 4.92. The molecule has 2 atom stereocenters. The van der Waals surface area contributed by atoms with E-state index in [9.17, 15) is 9.18 Å². The highest BCUT2D eigenvalue weighted by Crippen LogP contribution is 2.40. The van der Waals surface area contributed by atoms with E-state index >= 15 is 0 Å². The Balaban J connectivity index is 2.23. The van der Waals surface area contributed by atoms with Crippen LogP contribution < -0.4 is 0 Å². The summed E-state index contributed by atoms with van der Waals surface area (Å²) in [5.41, 5.74) is -1.32. The monoisotopic (exact) mass is 254 g/mol. The summed E-state index contributed by atoms with van der Waals surface area (Å²) in [7, 11) is 0. The third-order valence-corrected chi connectivity index (χ3v) is 4.08. The molecular weight excluding hydrogens is 235 g/mol. The number of aliphatic imine (C=N–C) groups is 1. The van der Waals surface area contributed by atoms with Crippen LogP contribution in [0, 0.1) is 0 Å². The molecule has 0 aromatic rings. The van der Waals surface area contributed by atoms with Gasteiger partial charge < -0.3 is 4.74 Å². The Hall–Kier alpha value is -1.03. The molecule has 1 aliphatic heterocycles. The number of halogens is 1. The van der Waals surface area contributed by atoms with Gasteiger partial charge in [0, 0.05) is 13.1 Å². The van der Waals surface area contributed by atoms with Gasteiger partial charge in [0.25, 0.3) is 0 Å². The summed E-state index contributed by atoms with van der Waals surface area (Å²) < 4.78 is 19.7. The maximum atomic E-state index is 14.4. The largest absolute Gasteiger partial charge is 0.379 e. The first kappa shape index (κ1) is 13.4. The molecule has 1 fully saturated rings. The summed E-state index contributed by atoms with van der Waals surface area (Å²) in [5.74, 6) is -0.197. The van der Waals surface area contributed by atoms with Gasteiger partial charge in [0.1, 0.15) is 5.83 Å². The summed E-state index contributed by atoms with van der Waals surface area (Å²) in [6, 6.07) is 0. The van der Waals surface area contributed by atoms with E-state index in [0.717, 1.165) is 13.1 Å². The first-order chi connectivity index (χ1) is 8.50. The SMILES string of the molecule is CC1(N=C=O)C=C(F)C(C)(N2CCOCC2)CC1. The molecule has 2 rings (SSSR count). The van der Waals surface area contributed by atoms with Crippen LogP contribution in [0.5, 0.6) is 0 Å². The second-order valence-electron chi connectivity index (χ2n) is 5.43. The summed E-state index contributed by atoms with van der Waals surface area (Å²) in [5, 5.41) is 0. The van der Waals surface area contributed by atoms with Crippen LogP contribution in [0.25, 0.3) is 0 Å². The Kier molecular flexibility index (Phi) is 3.66. The molecule has 100 valence electrons. The molecule has 2 aliphatic rings. The molecule has 0 aromatic carbocycles. The Bertz CT molecular complexity index is 400. The topological polar surface area (TPSA) is 41.9 Å². The van der Waals surface area contributed by atoms with Gasteiger partial charge in [-0.3, -0.25) is 4.90 Å². The minimum atomic E-state index is -0.738. The maximum Gasteiger partial charge on any atom is 0.235 e. The fourth-order valence-electron chi connectivity index (χ4n) is 2.68. The van der Waals surface area contributed by atoms with Gasteiger partial charge in [-0.05, 0) is 32.8 Å². The Morgan fingerprint density at radius 1 is 1.39 bits per heavy atom. The predicted molar refractivity (Wildman–Crippen MR) is 65.7 cm³/mol. The molecule has 1 aliphatic carbocycles. The van der Waals surface area contributed by atoms with Gasteiger partial charge in [-0.15, -0.1) is 0 Å². The average Bonchev–Trinajstić information content (AvgIpc) is 2.36. The molecule has 4 nitrogen and oxygen atoms in total. The van der Waals surface area contributed by atoms with E-state index in [-0.39, 0.29) is 5.83 Å². The molecule has 1 heterocycles. The Morgan fingerprint density at radius 3 is 2.61 bits per heavy atom. The van der Waals surface area contributed by atoms with Gasteiger partial charge in [-0.1, -0.05) is 0 Å². The molecule has 0 aromatic heterocycles. The first-order valence-corrected chi connectivity index (χ1v) is 6.31. The number of ether oxygens (including phenoxy) is 1. The second-order valence-corrected chi connectivity index (χ2v) is 5.43. The minimum absolute atomic E-state index is 0.197. The van der Waals surface area contributed by atoms with E-state index in [0.29, 0.717) is 26.1 Å². The van der Waals surface area contributed by atoms with Crippen molar-refractivity contribution in [3.8, 4) is 0 Å². The van der Waals surface area contributed by atoms with Gasteiger partial charge >= 0.3 is 0 Å². The van der Waals surface area contributed by atoms with Crippen LogP contribution in [0.1, 0.15) is 26.7 Å². The van der Waals surface area contributed by atoms with Crippen molar-refractivity contribution in [3.05, 3.63) is 11.9 Å². The van der Waals surface area contributed by atoms with Crippen LogP contribution in [-0.4, -0.2) is 48.4 Å². The number of hydrogen-bond acceptors (Lipinski definition) is 4. The lowest BCUT2D eigenvalue weighted by molar-refractivity contribution is -0.0180. The van der Waals surface area contributed by atoms with Crippen LogP contribution in [0.15, 0.2) is 16.9 Å². The molecular formula is C13H19FN2O2. The van der Waals surface area contributed by atoms with Crippen LogP contribution in [0.3, 0.4) is 0 Å². The van der Waals surface area contributed by atoms with Crippen LogP contribution in [-0.2, 0) is 9.53 Å². The van der Waals surface area contributed by atoms with Crippen molar-refractivity contribution in [2.75, 3.05) is 26.3 Å². The highest BCUT2D eigenvalue weighted by molar-refractivity contribution is 5.37. The highest BCUT2D eigenvalue weighted by atomic mass is 19.1. The zero-order valence-corrected chi connectivity index (χ0v) is 10.9. The lowest BCUT2D eigenvalue weighted by Crippen LogP contribution is -2.54. The van der Waals surface area contributed by atoms with Gasteiger partial charge in [-0.25, -0.2) is 9.18 Å². The smallest absolute Gasteiger partial charge is 0.235 e. The number of hydrogen-bond donors (Lipinski definition) is 0. The molecule has 1 saturated heterocycles. The zero-order chi connectivity index (χ0) is 13.2. The van der Waals surface area contributed by atoms with Gasteiger partial charge in [-0.2, -0.15) is 4.99 Å². The van der Waals surface area contributed by atoms with Crippen LogP contribution in [0.4, 0.5) is 4.39 Å². The molecule has 18 heavy (non-hydrogen) atoms. The Labute approximate surface area is 107 Å². The molecule has 0 amide bonds. The Morgan fingerprint density at radius 2 is 2.06 bits per heavy atom. The summed E-state index contributed by atoms with van der Waals surface area (Å²) >= 11 is 0. The lowest BCUT2D eigenvalue weighted by Gasteiger charge is -2.46. The third-order valence-electron chi connectivity index (χ3n) is 4.08. The van der Waals surface area contributed by atoms with E-state index in [1.165, 1.54) is 12.2 Å². The van der Waals surface area contributed by atoms with E-state index in [2.05, 4.69) is 9.89 Å². The number of carbonyl (C=O) groups excluding carboxylic acids is 1. The van der Waals surface area contributed by atoms with E-state index in [1.807, 2.05) is 6.92 Å². The van der Waals surface area contributed by atoms with E-state index in [1.54, 1.807) is 6.92 Å². The van der Waals surface area contributed by atoms with Gasteiger partial charge in [0.2, 0.25) is 6.08 Å². The lowest BCUT2D eigenvalue weighted by atomic mass is 9.78. The van der Waals surface area contributed by atoms with E-state index < -0.39 is 11.1 Å². The highest BCUT2D eigenvalue weighted by Gasteiger charge is 2.43. The van der Waals surface area contributed by atoms with Gasteiger partial charge in [0.05, 0.1) is 24.3 Å². The van der Waals surface area contributed by atoms with Crippen molar-refractivity contribution in [2.24, 2.45) is 4.99 Å².